The molecular formula is C25H26F3N4+. The maximum atomic E-state index is 12.8. The third kappa shape index (κ3) is 3.93. The predicted molar refractivity (Wildman–Crippen MR) is 121 cm³/mol. The zero-order chi connectivity index (χ0) is 22.3. The van der Waals surface area contributed by atoms with Gasteiger partial charge >= 0.3 is 12.0 Å². The highest BCUT2D eigenvalue weighted by Crippen LogP contribution is 2.33. The number of piperazine rings is 1. The van der Waals surface area contributed by atoms with Crippen LogP contribution in [0.15, 0.2) is 53.7 Å². The summed E-state index contributed by atoms with van der Waals surface area (Å²) in [7, 11) is 0. The molecule has 0 spiro atoms. The molecule has 1 aliphatic carbocycles. The number of nitrogens with zero attached hydrogens (tertiary/aromatic N) is 4. The number of alkyl halides is 3. The van der Waals surface area contributed by atoms with Crippen LogP contribution in [0.1, 0.15) is 36.0 Å². The van der Waals surface area contributed by atoms with Crippen LogP contribution in [0.3, 0.4) is 0 Å². The van der Waals surface area contributed by atoms with Gasteiger partial charge in [-0.1, -0.05) is 24.3 Å². The molecule has 0 saturated carbocycles. The van der Waals surface area contributed by atoms with E-state index < -0.39 is 11.7 Å². The quantitative estimate of drug-likeness (QED) is 0.673. The summed E-state index contributed by atoms with van der Waals surface area (Å²) >= 11 is 0. The summed E-state index contributed by atoms with van der Waals surface area (Å²) in [6, 6.07) is 11.1. The maximum Gasteiger partial charge on any atom is 0.417 e. The first-order chi connectivity index (χ1) is 15.4. The third-order valence-electron chi connectivity index (χ3n) is 6.67. The van der Waals surface area contributed by atoms with Gasteiger partial charge in [-0.15, -0.1) is 0 Å². The van der Waals surface area contributed by atoms with E-state index in [0.717, 1.165) is 50.5 Å². The SMILES string of the molecule is Cc1ccccc1CC1=[N+]=C(N2CCN(c3ccc(C(F)(F)F)cn3)CC2)C2=C1CCC2. The van der Waals surface area contributed by atoms with Gasteiger partial charge in [-0.2, -0.15) is 13.2 Å². The Morgan fingerprint density at radius 1 is 0.938 bits per heavy atom. The second-order valence-corrected chi connectivity index (χ2v) is 8.67. The number of pyridine rings is 1. The van der Waals surface area contributed by atoms with Gasteiger partial charge in [0.1, 0.15) is 18.9 Å². The average Bonchev–Trinajstić information content (AvgIpc) is 3.39. The fourth-order valence-corrected chi connectivity index (χ4v) is 4.86. The fourth-order valence-electron chi connectivity index (χ4n) is 4.86. The molecule has 1 aromatic carbocycles. The Hall–Kier alpha value is -3.05. The number of anilines is 1. The molecule has 4 nitrogen and oxygen atoms in total. The summed E-state index contributed by atoms with van der Waals surface area (Å²) in [6.45, 7) is 5.15. The van der Waals surface area contributed by atoms with Gasteiger partial charge in [-0.3, -0.25) is 0 Å². The minimum Gasteiger partial charge on any atom is -0.349 e. The molecule has 166 valence electrons. The van der Waals surface area contributed by atoms with Crippen LogP contribution in [0.2, 0.25) is 0 Å². The van der Waals surface area contributed by atoms with Crippen LogP contribution in [-0.2, 0) is 12.6 Å². The zero-order valence-electron chi connectivity index (χ0n) is 18.1. The summed E-state index contributed by atoms with van der Waals surface area (Å²) in [4.78, 5) is 8.44. The third-order valence-corrected chi connectivity index (χ3v) is 6.67. The Bertz CT molecular complexity index is 1120. The lowest BCUT2D eigenvalue weighted by molar-refractivity contribution is -0.137. The number of allylic oxidation sites excluding steroid dienone is 1. The van der Waals surface area contributed by atoms with Crippen molar-refractivity contribution in [3.63, 3.8) is 0 Å². The minimum atomic E-state index is -4.36. The highest BCUT2D eigenvalue weighted by Gasteiger charge is 2.40. The molecule has 7 heteroatoms. The molecule has 0 radical (unpaired) electrons. The van der Waals surface area contributed by atoms with Crippen molar-refractivity contribution >= 4 is 17.4 Å². The van der Waals surface area contributed by atoms with Gasteiger partial charge in [-0.25, -0.2) is 14.6 Å². The first kappa shape index (κ1) is 20.8. The smallest absolute Gasteiger partial charge is 0.349 e. The van der Waals surface area contributed by atoms with E-state index in [-0.39, 0.29) is 0 Å². The van der Waals surface area contributed by atoms with E-state index in [1.807, 2.05) is 4.90 Å². The number of rotatable bonds is 3. The number of aromatic nitrogens is 1. The summed E-state index contributed by atoms with van der Waals surface area (Å²) in [5.74, 6) is 1.71. The molecule has 0 amide bonds. The molecule has 0 bridgehead atoms. The number of benzene rings is 1. The van der Waals surface area contributed by atoms with Crippen LogP contribution in [0.25, 0.3) is 0 Å². The van der Waals surface area contributed by atoms with Crippen LogP contribution in [0, 0.1) is 6.92 Å². The molecular weight excluding hydrogens is 413 g/mol. The Morgan fingerprint density at radius 2 is 1.66 bits per heavy atom. The van der Waals surface area contributed by atoms with Gasteiger partial charge in [0.15, 0.2) is 0 Å². The van der Waals surface area contributed by atoms with Crippen LogP contribution in [0.4, 0.5) is 19.0 Å². The van der Waals surface area contributed by atoms with Crippen LogP contribution < -0.4 is 9.57 Å². The number of hydrogen-bond acceptors (Lipinski definition) is 3. The lowest BCUT2D eigenvalue weighted by Crippen LogP contribution is -2.49. The molecule has 1 aromatic heterocycles. The Kier molecular flexibility index (Phi) is 5.30. The molecule has 1 fully saturated rings. The molecule has 3 aliphatic rings. The van der Waals surface area contributed by atoms with E-state index in [1.165, 1.54) is 40.5 Å². The maximum absolute atomic E-state index is 12.8. The van der Waals surface area contributed by atoms with Gasteiger partial charge < -0.3 is 4.90 Å². The van der Waals surface area contributed by atoms with Gasteiger partial charge in [0.05, 0.1) is 30.6 Å². The number of amidine groups is 1. The molecule has 0 atom stereocenters. The first-order valence-electron chi connectivity index (χ1n) is 11.1. The summed E-state index contributed by atoms with van der Waals surface area (Å²) in [5.41, 5.74) is 5.93. The molecule has 1 saturated heterocycles. The highest BCUT2D eigenvalue weighted by molar-refractivity contribution is 6.17. The second kappa shape index (κ2) is 8.14. The number of halogens is 3. The van der Waals surface area contributed by atoms with E-state index in [4.69, 9.17) is 4.67 Å². The van der Waals surface area contributed by atoms with Crippen molar-refractivity contribution in [1.82, 2.24) is 14.6 Å². The minimum absolute atomic E-state index is 0.596. The van der Waals surface area contributed by atoms with Crippen molar-refractivity contribution in [3.8, 4) is 0 Å². The van der Waals surface area contributed by atoms with Crippen LogP contribution >= 0.6 is 0 Å². The lowest BCUT2D eigenvalue weighted by atomic mass is 9.98. The van der Waals surface area contributed by atoms with Gasteiger partial charge in [-0.05, 0) is 49.4 Å². The molecule has 2 aliphatic heterocycles. The van der Waals surface area contributed by atoms with Crippen LogP contribution in [0.5, 0.6) is 0 Å². The predicted octanol–water partition coefficient (Wildman–Crippen LogP) is 4.17. The molecule has 0 unspecified atom stereocenters. The van der Waals surface area contributed by atoms with E-state index >= 15 is 0 Å². The first-order valence-corrected chi connectivity index (χ1v) is 11.1. The summed E-state index contributed by atoms with van der Waals surface area (Å²) < 4.78 is 43.5. The Morgan fingerprint density at radius 3 is 2.34 bits per heavy atom. The fraction of sp³-hybridized carbons (Fsp3) is 0.400. The van der Waals surface area contributed by atoms with Gasteiger partial charge in [0.25, 0.3) is 0 Å². The number of aryl methyl sites for hydroxylation is 1. The molecule has 3 heterocycles. The van der Waals surface area contributed by atoms with Gasteiger partial charge in [0, 0.05) is 11.8 Å². The summed E-state index contributed by atoms with van der Waals surface area (Å²) in [5, 5.41) is 0. The van der Waals surface area contributed by atoms with Gasteiger partial charge in [0.2, 0.25) is 5.71 Å². The lowest BCUT2D eigenvalue weighted by Gasteiger charge is -2.31. The molecule has 0 N–H and O–H groups in total. The van der Waals surface area contributed by atoms with Crippen molar-refractivity contribution in [2.45, 2.75) is 38.8 Å². The standard InChI is InChI=1S/C25H26F3N4/c1-17-5-2-3-6-18(17)15-22-20-7-4-8-21(20)24(30-22)32-13-11-31(12-14-32)23-10-9-19(16-29-23)25(26,27)28/h2-3,5-6,9-10,16H,4,7-8,11-15H2,1H3/q+1. The van der Waals surface area contributed by atoms with Crippen molar-refractivity contribution in [3.05, 3.63) is 70.4 Å². The largest absolute Gasteiger partial charge is 0.417 e. The van der Waals surface area contributed by atoms with E-state index in [2.05, 4.69) is 41.1 Å². The molecule has 5 rings (SSSR count). The normalized spacial score (nSPS) is 18.8. The van der Waals surface area contributed by atoms with E-state index in [9.17, 15) is 13.2 Å². The average molecular weight is 440 g/mol. The highest BCUT2D eigenvalue weighted by atomic mass is 19.4. The van der Waals surface area contributed by atoms with Crippen molar-refractivity contribution in [2.75, 3.05) is 31.1 Å². The topological polar surface area (TPSA) is 33.5 Å². The zero-order valence-corrected chi connectivity index (χ0v) is 18.1. The van der Waals surface area contributed by atoms with E-state index in [1.54, 1.807) is 0 Å². The Labute approximate surface area is 185 Å². The molecule has 2 aromatic rings. The van der Waals surface area contributed by atoms with Crippen molar-refractivity contribution in [1.29, 1.82) is 0 Å². The van der Waals surface area contributed by atoms with Crippen molar-refractivity contribution < 1.29 is 13.2 Å². The Balaban J connectivity index is 1.31. The van der Waals surface area contributed by atoms with Crippen molar-refractivity contribution in [2.24, 2.45) is 0 Å². The monoisotopic (exact) mass is 439 g/mol. The summed E-state index contributed by atoms with van der Waals surface area (Å²) in [6.07, 6.45) is 0.779. The van der Waals surface area contributed by atoms with Crippen LogP contribution in [-0.4, -0.2) is 47.6 Å². The number of hydrogen-bond donors (Lipinski definition) is 0. The molecule has 32 heavy (non-hydrogen) atoms. The van der Waals surface area contributed by atoms with E-state index in [0.29, 0.717) is 18.9 Å². The second-order valence-electron chi connectivity index (χ2n) is 8.67.